The summed E-state index contributed by atoms with van der Waals surface area (Å²) in [4.78, 5) is 0. The van der Waals surface area contributed by atoms with Gasteiger partial charge in [-0.3, -0.25) is 0 Å². The molecule has 50 heavy (non-hydrogen) atoms. The number of hydrogen-bond acceptors (Lipinski definition) is 3. The van der Waals surface area contributed by atoms with Gasteiger partial charge in [0.25, 0.3) is 0 Å². The van der Waals surface area contributed by atoms with E-state index in [1.807, 2.05) is 103 Å². The van der Waals surface area contributed by atoms with Gasteiger partial charge in [-0.2, -0.15) is 15.8 Å². The number of benzene rings is 7. The van der Waals surface area contributed by atoms with Gasteiger partial charge in [0.05, 0.1) is 62.3 Å². The molecule has 0 saturated carbocycles. The molecule has 7 aromatic carbocycles. The lowest BCUT2D eigenvalue weighted by atomic mass is 9.90. The van der Waals surface area contributed by atoms with Crippen LogP contribution in [0.1, 0.15) is 16.7 Å². The molecule has 0 amide bonds. The first-order chi connectivity index (χ1) is 24.7. The van der Waals surface area contributed by atoms with Crippen LogP contribution in [-0.4, -0.2) is 9.13 Å². The van der Waals surface area contributed by atoms with Gasteiger partial charge in [-0.1, -0.05) is 91.0 Å². The second-order valence-corrected chi connectivity index (χ2v) is 12.3. The molecule has 0 atom stereocenters. The van der Waals surface area contributed by atoms with E-state index in [2.05, 4.69) is 75.9 Å². The van der Waals surface area contributed by atoms with Crippen LogP contribution in [0.15, 0.2) is 152 Å². The molecule has 0 radical (unpaired) electrons. The molecule has 5 heteroatoms. The first kappa shape index (κ1) is 28.8. The molecule has 0 fully saturated rings. The van der Waals surface area contributed by atoms with Crippen molar-refractivity contribution in [3.05, 3.63) is 168 Å². The van der Waals surface area contributed by atoms with Crippen molar-refractivity contribution >= 4 is 43.6 Å². The molecule has 0 unspecified atom stereocenters. The Bertz CT molecular complexity index is 2920. The molecule has 0 aliphatic carbocycles. The van der Waals surface area contributed by atoms with Gasteiger partial charge in [0.15, 0.2) is 0 Å². The van der Waals surface area contributed by atoms with Gasteiger partial charge >= 0.3 is 0 Å². The lowest BCUT2D eigenvalue weighted by Crippen LogP contribution is -2.01. The van der Waals surface area contributed by atoms with Crippen LogP contribution in [-0.2, 0) is 0 Å². The molecule has 0 aliphatic rings. The summed E-state index contributed by atoms with van der Waals surface area (Å²) < 4.78 is 4.39. The topological polar surface area (TPSA) is 81.2 Å². The summed E-state index contributed by atoms with van der Waals surface area (Å²) in [7, 11) is 0. The highest BCUT2D eigenvalue weighted by Gasteiger charge is 2.22. The van der Waals surface area contributed by atoms with Crippen molar-refractivity contribution in [3.8, 4) is 51.8 Å². The molecule has 9 rings (SSSR count). The van der Waals surface area contributed by atoms with Gasteiger partial charge in [0.1, 0.15) is 6.07 Å². The average Bonchev–Trinajstić information content (AvgIpc) is 3.69. The number of nitriles is 3. The number of hydrogen-bond donors (Lipinski definition) is 0. The summed E-state index contributed by atoms with van der Waals surface area (Å²) in [6.45, 7) is 0. The fraction of sp³-hybridized carbons (Fsp3) is 0. The smallest absolute Gasteiger partial charge is 0.102 e. The summed E-state index contributed by atoms with van der Waals surface area (Å²) in [5, 5.41) is 35.0. The van der Waals surface area contributed by atoms with Crippen molar-refractivity contribution in [1.82, 2.24) is 9.13 Å². The fourth-order valence-corrected chi connectivity index (χ4v) is 7.52. The molecule has 9 aromatic rings. The summed E-state index contributed by atoms with van der Waals surface area (Å²) in [6, 6.07) is 57.6. The van der Waals surface area contributed by atoms with Crippen LogP contribution in [0.4, 0.5) is 0 Å². The maximum Gasteiger partial charge on any atom is 0.102 e. The Balaban J connectivity index is 1.33. The minimum atomic E-state index is 0.533. The molecule has 0 spiro atoms. The number of fused-ring (bicyclic) bond motifs is 6. The minimum absolute atomic E-state index is 0.533. The SMILES string of the molecule is N#Cc1ccc(-n2c3ccccc3c3cc(C#N)ccc32)c(-c2ccccc2-c2cccc(-n3c4ccccc4c4ccccc43)c2C#N)c1. The summed E-state index contributed by atoms with van der Waals surface area (Å²) in [5.41, 5.74) is 10.8. The van der Waals surface area contributed by atoms with E-state index in [-0.39, 0.29) is 0 Å². The average molecular weight is 636 g/mol. The van der Waals surface area contributed by atoms with E-state index in [0.29, 0.717) is 16.7 Å². The molecule has 230 valence electrons. The minimum Gasteiger partial charge on any atom is -0.309 e. The van der Waals surface area contributed by atoms with Crippen LogP contribution in [0.25, 0.3) is 77.2 Å². The van der Waals surface area contributed by atoms with Crippen LogP contribution < -0.4 is 0 Å². The van der Waals surface area contributed by atoms with E-state index < -0.39 is 0 Å². The molecule has 5 nitrogen and oxygen atoms in total. The summed E-state index contributed by atoms with van der Waals surface area (Å²) in [6.07, 6.45) is 0. The zero-order valence-electron chi connectivity index (χ0n) is 26.7. The molecular formula is C45H25N5. The van der Waals surface area contributed by atoms with E-state index >= 15 is 0 Å². The first-order valence-corrected chi connectivity index (χ1v) is 16.3. The van der Waals surface area contributed by atoms with E-state index in [4.69, 9.17) is 0 Å². The van der Waals surface area contributed by atoms with Crippen molar-refractivity contribution < 1.29 is 0 Å². The monoisotopic (exact) mass is 635 g/mol. The zero-order chi connectivity index (χ0) is 33.8. The maximum absolute atomic E-state index is 10.9. The highest BCUT2D eigenvalue weighted by atomic mass is 15.0. The Morgan fingerprint density at radius 3 is 1.44 bits per heavy atom. The summed E-state index contributed by atoms with van der Waals surface area (Å²) >= 11 is 0. The highest BCUT2D eigenvalue weighted by molar-refractivity contribution is 6.11. The highest BCUT2D eigenvalue weighted by Crippen LogP contribution is 2.42. The number of rotatable bonds is 4. The lowest BCUT2D eigenvalue weighted by molar-refractivity contribution is 1.17. The first-order valence-electron chi connectivity index (χ1n) is 16.3. The molecule has 2 aromatic heterocycles. The standard InChI is InChI=1S/C45H25N5/c46-26-29-20-22-44(50-42-18-8-5-14-36(42)38-25-30(27-47)21-23-45(38)50)37(24-29)32-11-2-1-10-31(32)33-15-9-19-43(39(33)28-48)49-40-16-6-3-12-34(40)35-13-4-7-17-41(35)49/h1-25H. The normalized spacial score (nSPS) is 11.1. The van der Waals surface area contributed by atoms with Crippen LogP contribution in [0.5, 0.6) is 0 Å². The number of nitrogens with zero attached hydrogens (tertiary/aromatic N) is 5. The molecule has 0 N–H and O–H groups in total. The third-order valence-corrected chi connectivity index (χ3v) is 9.65. The molecular weight excluding hydrogens is 611 g/mol. The largest absolute Gasteiger partial charge is 0.309 e. The van der Waals surface area contributed by atoms with E-state index in [1.54, 1.807) is 0 Å². The Labute approximate surface area is 287 Å². The Kier molecular flexibility index (Phi) is 6.56. The van der Waals surface area contributed by atoms with Crippen molar-refractivity contribution in [3.63, 3.8) is 0 Å². The fourth-order valence-electron chi connectivity index (χ4n) is 7.52. The number of para-hydroxylation sites is 3. The maximum atomic E-state index is 10.9. The van der Waals surface area contributed by atoms with Crippen molar-refractivity contribution in [2.24, 2.45) is 0 Å². The van der Waals surface area contributed by atoms with Gasteiger partial charge in [0.2, 0.25) is 0 Å². The Morgan fingerprint density at radius 2 is 0.820 bits per heavy atom. The third-order valence-electron chi connectivity index (χ3n) is 9.65. The zero-order valence-corrected chi connectivity index (χ0v) is 26.7. The molecule has 0 saturated heterocycles. The van der Waals surface area contributed by atoms with Gasteiger partial charge < -0.3 is 9.13 Å². The second-order valence-electron chi connectivity index (χ2n) is 12.3. The Morgan fingerprint density at radius 1 is 0.340 bits per heavy atom. The molecule has 2 heterocycles. The van der Waals surface area contributed by atoms with Crippen LogP contribution >= 0.6 is 0 Å². The van der Waals surface area contributed by atoms with Crippen LogP contribution in [0, 0.1) is 34.0 Å². The number of aromatic nitrogens is 2. The van der Waals surface area contributed by atoms with Gasteiger partial charge in [-0.25, -0.2) is 0 Å². The quantitative estimate of drug-likeness (QED) is 0.193. The molecule has 0 bridgehead atoms. The van der Waals surface area contributed by atoms with Crippen molar-refractivity contribution in [1.29, 1.82) is 15.8 Å². The van der Waals surface area contributed by atoms with Gasteiger partial charge in [-0.15, -0.1) is 0 Å². The van der Waals surface area contributed by atoms with Crippen molar-refractivity contribution in [2.45, 2.75) is 0 Å². The summed E-state index contributed by atoms with van der Waals surface area (Å²) in [5.74, 6) is 0. The van der Waals surface area contributed by atoms with Crippen LogP contribution in [0.2, 0.25) is 0 Å². The Hall–Kier alpha value is -7.39. The predicted molar refractivity (Wildman–Crippen MR) is 200 cm³/mol. The third kappa shape index (κ3) is 4.24. The van der Waals surface area contributed by atoms with Gasteiger partial charge in [0, 0.05) is 32.7 Å². The van der Waals surface area contributed by atoms with E-state index in [0.717, 1.165) is 77.2 Å². The van der Waals surface area contributed by atoms with Crippen LogP contribution in [0.3, 0.4) is 0 Å². The predicted octanol–water partition coefficient (Wildman–Crippen LogP) is 10.8. The van der Waals surface area contributed by atoms with E-state index in [1.165, 1.54) is 0 Å². The van der Waals surface area contributed by atoms with E-state index in [9.17, 15) is 15.8 Å². The second kappa shape index (κ2) is 11.4. The lowest BCUT2D eigenvalue weighted by Gasteiger charge is -2.19. The van der Waals surface area contributed by atoms with Crippen molar-refractivity contribution in [2.75, 3.05) is 0 Å². The molecule has 0 aliphatic heterocycles. The van der Waals surface area contributed by atoms with Gasteiger partial charge in [-0.05, 0) is 71.8 Å².